The standard InChI is InChI=1S/C15H20O2/c1-11(13-9-7-6-8-10-13)14(16)17-12(2)15(3,4)5/h6-11H,2H2,1,3-5H3. The molecule has 2 heteroatoms. The van der Waals surface area contributed by atoms with E-state index in [9.17, 15) is 4.79 Å². The zero-order valence-electron chi connectivity index (χ0n) is 11.0. The summed E-state index contributed by atoms with van der Waals surface area (Å²) in [5.74, 6) is -0.0169. The van der Waals surface area contributed by atoms with Gasteiger partial charge in [0.2, 0.25) is 0 Å². The van der Waals surface area contributed by atoms with Crippen molar-refractivity contribution in [1.82, 2.24) is 0 Å². The number of carbonyl (C=O) groups is 1. The smallest absolute Gasteiger partial charge is 0.318 e. The highest BCUT2D eigenvalue weighted by Gasteiger charge is 2.23. The summed E-state index contributed by atoms with van der Waals surface area (Å²) in [4.78, 5) is 11.9. The Balaban J connectivity index is 2.69. The summed E-state index contributed by atoms with van der Waals surface area (Å²) >= 11 is 0. The molecule has 1 unspecified atom stereocenters. The summed E-state index contributed by atoms with van der Waals surface area (Å²) in [6.45, 7) is 11.5. The lowest BCUT2D eigenvalue weighted by atomic mass is 9.94. The third-order valence-electron chi connectivity index (χ3n) is 2.71. The summed E-state index contributed by atoms with van der Waals surface area (Å²) in [6.07, 6.45) is 0. The second kappa shape index (κ2) is 5.17. The molecule has 0 heterocycles. The minimum atomic E-state index is -0.268. The molecule has 0 saturated heterocycles. The van der Waals surface area contributed by atoms with Gasteiger partial charge in [0.05, 0.1) is 5.92 Å². The third-order valence-corrected chi connectivity index (χ3v) is 2.71. The molecule has 0 aliphatic rings. The number of carbonyl (C=O) groups excluding carboxylic acids is 1. The number of esters is 1. The fourth-order valence-electron chi connectivity index (χ4n) is 1.24. The van der Waals surface area contributed by atoms with E-state index in [0.717, 1.165) is 5.56 Å². The molecule has 92 valence electrons. The van der Waals surface area contributed by atoms with Crippen LogP contribution in [-0.2, 0) is 9.53 Å². The van der Waals surface area contributed by atoms with E-state index in [4.69, 9.17) is 4.74 Å². The molecule has 0 aliphatic heterocycles. The Bertz CT molecular complexity index is 399. The van der Waals surface area contributed by atoms with Crippen molar-refractivity contribution in [3.05, 3.63) is 48.2 Å². The summed E-state index contributed by atoms with van der Waals surface area (Å²) in [6, 6.07) is 9.60. The first-order chi connectivity index (χ1) is 7.82. The largest absolute Gasteiger partial charge is 0.431 e. The maximum Gasteiger partial charge on any atom is 0.318 e. The number of ether oxygens (including phenoxy) is 1. The Labute approximate surface area is 103 Å². The molecule has 0 amide bonds. The molecule has 1 aromatic rings. The van der Waals surface area contributed by atoms with Crippen LogP contribution in [0.3, 0.4) is 0 Å². The van der Waals surface area contributed by atoms with Crippen LogP contribution in [0.15, 0.2) is 42.7 Å². The molecule has 1 rings (SSSR count). The van der Waals surface area contributed by atoms with Crippen molar-refractivity contribution >= 4 is 5.97 Å². The zero-order chi connectivity index (χ0) is 13.1. The van der Waals surface area contributed by atoms with Gasteiger partial charge in [0.15, 0.2) is 0 Å². The lowest BCUT2D eigenvalue weighted by Crippen LogP contribution is -2.19. The second-order valence-electron chi connectivity index (χ2n) is 5.23. The van der Waals surface area contributed by atoms with Crippen LogP contribution in [0.4, 0.5) is 0 Å². The van der Waals surface area contributed by atoms with Crippen molar-refractivity contribution in [2.45, 2.75) is 33.6 Å². The first-order valence-corrected chi connectivity index (χ1v) is 5.78. The molecule has 1 atom stereocenters. The molecule has 0 saturated carbocycles. The van der Waals surface area contributed by atoms with Crippen molar-refractivity contribution in [3.63, 3.8) is 0 Å². The van der Waals surface area contributed by atoms with Crippen molar-refractivity contribution in [1.29, 1.82) is 0 Å². The number of hydrogen-bond donors (Lipinski definition) is 0. The Morgan fingerprint density at radius 2 is 1.76 bits per heavy atom. The van der Waals surface area contributed by atoms with Crippen molar-refractivity contribution < 1.29 is 9.53 Å². The van der Waals surface area contributed by atoms with E-state index in [-0.39, 0.29) is 17.3 Å². The molecule has 2 nitrogen and oxygen atoms in total. The van der Waals surface area contributed by atoms with Crippen LogP contribution >= 0.6 is 0 Å². The van der Waals surface area contributed by atoms with E-state index >= 15 is 0 Å². The van der Waals surface area contributed by atoms with Gasteiger partial charge in [-0.25, -0.2) is 0 Å². The molecular weight excluding hydrogens is 212 g/mol. The van der Waals surface area contributed by atoms with Crippen LogP contribution in [0.1, 0.15) is 39.2 Å². The molecule has 17 heavy (non-hydrogen) atoms. The van der Waals surface area contributed by atoms with Crippen molar-refractivity contribution in [3.8, 4) is 0 Å². The van der Waals surface area contributed by atoms with Gasteiger partial charge in [-0.05, 0) is 12.5 Å². The van der Waals surface area contributed by atoms with Crippen LogP contribution in [0.5, 0.6) is 0 Å². The summed E-state index contributed by atoms with van der Waals surface area (Å²) in [5, 5.41) is 0. The van der Waals surface area contributed by atoms with Crippen LogP contribution in [-0.4, -0.2) is 5.97 Å². The van der Waals surface area contributed by atoms with Crippen LogP contribution < -0.4 is 0 Å². The quantitative estimate of drug-likeness (QED) is 0.583. The first-order valence-electron chi connectivity index (χ1n) is 5.78. The maximum atomic E-state index is 11.9. The van der Waals surface area contributed by atoms with Crippen LogP contribution in [0.2, 0.25) is 0 Å². The Hall–Kier alpha value is -1.57. The third kappa shape index (κ3) is 3.74. The highest BCUT2D eigenvalue weighted by atomic mass is 16.5. The topological polar surface area (TPSA) is 26.3 Å². The maximum absolute atomic E-state index is 11.9. The van der Waals surface area contributed by atoms with E-state index < -0.39 is 0 Å². The van der Waals surface area contributed by atoms with E-state index in [2.05, 4.69) is 6.58 Å². The molecule has 0 aliphatic carbocycles. The summed E-state index contributed by atoms with van der Waals surface area (Å²) in [5.41, 5.74) is 0.741. The summed E-state index contributed by atoms with van der Waals surface area (Å²) in [7, 11) is 0. The monoisotopic (exact) mass is 232 g/mol. The average Bonchev–Trinajstić information content (AvgIpc) is 2.27. The predicted molar refractivity (Wildman–Crippen MR) is 69.5 cm³/mol. The van der Waals surface area contributed by atoms with Gasteiger partial charge in [0.1, 0.15) is 5.76 Å². The average molecular weight is 232 g/mol. The van der Waals surface area contributed by atoms with Crippen molar-refractivity contribution in [2.24, 2.45) is 5.41 Å². The first kappa shape index (κ1) is 13.5. The molecule has 0 radical (unpaired) electrons. The van der Waals surface area contributed by atoms with E-state index in [1.54, 1.807) is 0 Å². The lowest BCUT2D eigenvalue weighted by molar-refractivity contribution is -0.142. The van der Waals surface area contributed by atoms with Gasteiger partial charge in [-0.2, -0.15) is 0 Å². The minimum absolute atomic E-state index is 0.216. The number of hydrogen-bond acceptors (Lipinski definition) is 2. The minimum Gasteiger partial charge on any atom is -0.431 e. The van der Waals surface area contributed by atoms with Gasteiger partial charge in [-0.1, -0.05) is 57.7 Å². The van der Waals surface area contributed by atoms with Gasteiger partial charge in [-0.15, -0.1) is 0 Å². The van der Waals surface area contributed by atoms with Crippen molar-refractivity contribution in [2.75, 3.05) is 0 Å². The SMILES string of the molecule is C=C(OC(=O)C(C)c1ccccc1)C(C)(C)C. The molecule has 0 aromatic heterocycles. The molecule has 0 spiro atoms. The van der Waals surface area contributed by atoms with Gasteiger partial charge >= 0.3 is 5.97 Å². The number of allylic oxidation sites excluding steroid dienone is 1. The van der Waals surface area contributed by atoms with Gasteiger partial charge < -0.3 is 4.74 Å². The zero-order valence-corrected chi connectivity index (χ0v) is 11.0. The highest BCUT2D eigenvalue weighted by Crippen LogP contribution is 2.26. The normalized spacial score (nSPS) is 12.9. The number of benzene rings is 1. The predicted octanol–water partition coefficient (Wildman–Crippen LogP) is 3.89. The lowest BCUT2D eigenvalue weighted by Gasteiger charge is -2.22. The van der Waals surface area contributed by atoms with Crippen LogP contribution in [0, 0.1) is 5.41 Å². The Morgan fingerprint density at radius 1 is 1.24 bits per heavy atom. The molecule has 1 aromatic carbocycles. The molecule has 0 bridgehead atoms. The highest BCUT2D eigenvalue weighted by molar-refractivity contribution is 5.78. The summed E-state index contributed by atoms with van der Waals surface area (Å²) < 4.78 is 5.30. The van der Waals surface area contributed by atoms with Gasteiger partial charge in [-0.3, -0.25) is 4.79 Å². The molecule has 0 fully saturated rings. The Kier molecular flexibility index (Phi) is 4.11. The van der Waals surface area contributed by atoms with Crippen LogP contribution in [0.25, 0.3) is 0 Å². The van der Waals surface area contributed by atoms with E-state index in [0.29, 0.717) is 5.76 Å². The fraction of sp³-hybridized carbons (Fsp3) is 0.400. The second-order valence-corrected chi connectivity index (χ2v) is 5.23. The molecular formula is C15H20O2. The van der Waals surface area contributed by atoms with Gasteiger partial charge in [0.25, 0.3) is 0 Å². The van der Waals surface area contributed by atoms with E-state index in [1.165, 1.54) is 0 Å². The van der Waals surface area contributed by atoms with Gasteiger partial charge in [0, 0.05) is 5.41 Å². The van der Waals surface area contributed by atoms with E-state index in [1.807, 2.05) is 58.0 Å². The number of rotatable bonds is 3. The molecule has 0 N–H and O–H groups in total. The Morgan fingerprint density at radius 3 is 2.24 bits per heavy atom. The fourth-order valence-corrected chi connectivity index (χ4v) is 1.24.